The van der Waals surface area contributed by atoms with Crippen molar-refractivity contribution in [2.45, 2.75) is 25.3 Å². The molecular weight excluding hydrogens is 144 g/mol. The van der Waals surface area contributed by atoms with Gasteiger partial charge < -0.3 is 15.7 Å². The molecule has 4 heteroatoms. The van der Waals surface area contributed by atoms with E-state index < -0.39 is 6.09 Å². The Bertz CT molecular complexity index is 153. The average molecular weight is 158 g/mol. The topological polar surface area (TPSA) is 61.4 Å². The maximum absolute atomic E-state index is 10.4. The van der Waals surface area contributed by atoms with E-state index in [0.29, 0.717) is 0 Å². The molecule has 4 nitrogen and oxygen atoms in total. The lowest BCUT2D eigenvalue weighted by molar-refractivity contribution is 0.178. The number of hydrogen-bond acceptors (Lipinski definition) is 2. The molecule has 1 aliphatic heterocycles. The first-order chi connectivity index (χ1) is 5.18. The SMILES string of the molecule is CCC1(NC(=O)O)CCNC1. The summed E-state index contributed by atoms with van der Waals surface area (Å²) in [6, 6.07) is 0. The number of hydrogen-bond donors (Lipinski definition) is 3. The molecule has 0 radical (unpaired) electrons. The highest BCUT2D eigenvalue weighted by molar-refractivity contribution is 5.65. The molecule has 1 heterocycles. The highest BCUT2D eigenvalue weighted by atomic mass is 16.4. The Hall–Kier alpha value is -0.770. The van der Waals surface area contributed by atoms with Crippen molar-refractivity contribution in [3.63, 3.8) is 0 Å². The minimum Gasteiger partial charge on any atom is -0.465 e. The van der Waals surface area contributed by atoms with E-state index in [9.17, 15) is 4.79 Å². The van der Waals surface area contributed by atoms with Crippen LogP contribution in [0.3, 0.4) is 0 Å². The van der Waals surface area contributed by atoms with Crippen molar-refractivity contribution in [3.05, 3.63) is 0 Å². The van der Waals surface area contributed by atoms with Crippen molar-refractivity contribution >= 4 is 6.09 Å². The van der Waals surface area contributed by atoms with Crippen LogP contribution >= 0.6 is 0 Å². The van der Waals surface area contributed by atoms with Gasteiger partial charge in [-0.05, 0) is 19.4 Å². The van der Waals surface area contributed by atoms with E-state index in [-0.39, 0.29) is 5.54 Å². The van der Waals surface area contributed by atoms with Gasteiger partial charge in [-0.2, -0.15) is 0 Å². The number of carbonyl (C=O) groups is 1. The lowest BCUT2D eigenvalue weighted by Gasteiger charge is -2.26. The lowest BCUT2D eigenvalue weighted by atomic mass is 9.96. The molecule has 64 valence electrons. The Morgan fingerprint density at radius 3 is 2.91 bits per heavy atom. The Labute approximate surface area is 66.0 Å². The molecule has 1 fully saturated rings. The monoisotopic (exact) mass is 158 g/mol. The molecule has 1 amide bonds. The van der Waals surface area contributed by atoms with Crippen LogP contribution in [0, 0.1) is 0 Å². The first-order valence-electron chi connectivity index (χ1n) is 3.90. The minimum absolute atomic E-state index is 0.203. The molecule has 1 atom stereocenters. The van der Waals surface area contributed by atoms with Crippen LogP contribution in [0.2, 0.25) is 0 Å². The van der Waals surface area contributed by atoms with Gasteiger partial charge in [0.15, 0.2) is 0 Å². The summed E-state index contributed by atoms with van der Waals surface area (Å²) in [5, 5.41) is 14.2. The highest BCUT2D eigenvalue weighted by Gasteiger charge is 2.33. The van der Waals surface area contributed by atoms with Crippen molar-refractivity contribution in [1.82, 2.24) is 10.6 Å². The summed E-state index contributed by atoms with van der Waals surface area (Å²) in [5.74, 6) is 0. The van der Waals surface area contributed by atoms with E-state index in [2.05, 4.69) is 10.6 Å². The fourth-order valence-electron chi connectivity index (χ4n) is 1.47. The van der Waals surface area contributed by atoms with Crippen molar-refractivity contribution < 1.29 is 9.90 Å². The zero-order valence-corrected chi connectivity index (χ0v) is 6.68. The van der Waals surface area contributed by atoms with E-state index >= 15 is 0 Å². The normalized spacial score (nSPS) is 30.3. The van der Waals surface area contributed by atoms with Gasteiger partial charge in [-0.3, -0.25) is 0 Å². The van der Waals surface area contributed by atoms with Crippen LogP contribution in [0.5, 0.6) is 0 Å². The molecule has 0 spiro atoms. The molecule has 1 aliphatic rings. The smallest absolute Gasteiger partial charge is 0.405 e. The molecule has 0 aromatic heterocycles. The van der Waals surface area contributed by atoms with Gasteiger partial charge in [-0.1, -0.05) is 6.92 Å². The van der Waals surface area contributed by atoms with Gasteiger partial charge in [0, 0.05) is 6.54 Å². The maximum Gasteiger partial charge on any atom is 0.405 e. The maximum atomic E-state index is 10.4. The van der Waals surface area contributed by atoms with Gasteiger partial charge in [-0.15, -0.1) is 0 Å². The second-order valence-corrected chi connectivity index (χ2v) is 2.99. The average Bonchev–Trinajstić information content (AvgIpc) is 2.36. The second kappa shape index (κ2) is 3.09. The number of carboxylic acid groups (broad SMARTS) is 1. The zero-order chi connectivity index (χ0) is 8.32. The van der Waals surface area contributed by atoms with Crippen molar-refractivity contribution in [2.75, 3.05) is 13.1 Å². The van der Waals surface area contributed by atoms with E-state index in [1.807, 2.05) is 6.92 Å². The number of amides is 1. The standard InChI is InChI=1S/C7H14N2O2/c1-2-7(9-6(10)11)3-4-8-5-7/h8-9H,2-5H2,1H3,(H,10,11). The fraction of sp³-hybridized carbons (Fsp3) is 0.857. The molecule has 0 aromatic rings. The number of rotatable bonds is 2. The number of nitrogens with one attached hydrogen (secondary N) is 2. The largest absolute Gasteiger partial charge is 0.465 e. The quantitative estimate of drug-likeness (QED) is 0.545. The van der Waals surface area contributed by atoms with Crippen molar-refractivity contribution in [2.24, 2.45) is 0 Å². The van der Waals surface area contributed by atoms with Crippen LogP contribution in [0.4, 0.5) is 4.79 Å². The van der Waals surface area contributed by atoms with E-state index in [1.54, 1.807) is 0 Å². The Balaban J connectivity index is 2.52. The van der Waals surface area contributed by atoms with Gasteiger partial charge >= 0.3 is 6.09 Å². The Morgan fingerprint density at radius 1 is 1.82 bits per heavy atom. The summed E-state index contributed by atoms with van der Waals surface area (Å²) in [6.45, 7) is 3.67. The second-order valence-electron chi connectivity index (χ2n) is 2.99. The van der Waals surface area contributed by atoms with Gasteiger partial charge in [0.1, 0.15) is 0 Å². The molecule has 1 saturated heterocycles. The van der Waals surface area contributed by atoms with E-state index in [1.165, 1.54) is 0 Å². The lowest BCUT2D eigenvalue weighted by Crippen LogP contribution is -2.49. The Morgan fingerprint density at radius 2 is 2.55 bits per heavy atom. The summed E-state index contributed by atoms with van der Waals surface area (Å²) >= 11 is 0. The molecule has 0 bridgehead atoms. The molecule has 0 saturated carbocycles. The highest BCUT2D eigenvalue weighted by Crippen LogP contribution is 2.17. The molecule has 3 N–H and O–H groups in total. The predicted octanol–water partition coefficient (Wildman–Crippen LogP) is 0.396. The van der Waals surface area contributed by atoms with Crippen LogP contribution in [-0.4, -0.2) is 29.8 Å². The van der Waals surface area contributed by atoms with Crippen LogP contribution in [0.25, 0.3) is 0 Å². The van der Waals surface area contributed by atoms with E-state index in [0.717, 1.165) is 25.9 Å². The third-order valence-corrected chi connectivity index (χ3v) is 2.29. The van der Waals surface area contributed by atoms with Crippen LogP contribution in [0.15, 0.2) is 0 Å². The first-order valence-corrected chi connectivity index (χ1v) is 3.90. The molecule has 1 rings (SSSR count). The summed E-state index contributed by atoms with van der Waals surface area (Å²) in [6.07, 6.45) is 0.831. The van der Waals surface area contributed by atoms with Crippen LogP contribution in [-0.2, 0) is 0 Å². The third-order valence-electron chi connectivity index (χ3n) is 2.29. The first kappa shape index (κ1) is 8.33. The predicted molar refractivity (Wildman–Crippen MR) is 41.7 cm³/mol. The molecule has 0 aromatic carbocycles. The van der Waals surface area contributed by atoms with Crippen molar-refractivity contribution in [1.29, 1.82) is 0 Å². The Kier molecular flexibility index (Phi) is 2.34. The molecule has 1 unspecified atom stereocenters. The third kappa shape index (κ3) is 1.83. The van der Waals surface area contributed by atoms with Crippen molar-refractivity contribution in [3.8, 4) is 0 Å². The summed E-state index contributed by atoms with van der Waals surface area (Å²) in [4.78, 5) is 10.4. The van der Waals surface area contributed by atoms with E-state index in [4.69, 9.17) is 5.11 Å². The van der Waals surface area contributed by atoms with Gasteiger partial charge in [0.05, 0.1) is 5.54 Å². The fourth-order valence-corrected chi connectivity index (χ4v) is 1.47. The zero-order valence-electron chi connectivity index (χ0n) is 6.68. The minimum atomic E-state index is -0.921. The van der Waals surface area contributed by atoms with Gasteiger partial charge in [0.2, 0.25) is 0 Å². The van der Waals surface area contributed by atoms with Crippen LogP contribution in [0.1, 0.15) is 19.8 Å². The van der Waals surface area contributed by atoms with Gasteiger partial charge in [-0.25, -0.2) is 4.79 Å². The summed E-state index contributed by atoms with van der Waals surface area (Å²) in [5.41, 5.74) is -0.203. The van der Waals surface area contributed by atoms with Gasteiger partial charge in [0.25, 0.3) is 0 Å². The summed E-state index contributed by atoms with van der Waals surface area (Å²) in [7, 11) is 0. The molecule has 11 heavy (non-hydrogen) atoms. The molecular formula is C7H14N2O2. The summed E-state index contributed by atoms with van der Waals surface area (Å²) < 4.78 is 0. The van der Waals surface area contributed by atoms with Crippen LogP contribution < -0.4 is 10.6 Å². The molecule has 0 aliphatic carbocycles.